The molecule has 0 amide bonds. The van der Waals surface area contributed by atoms with Crippen LogP contribution in [0.3, 0.4) is 0 Å². The van der Waals surface area contributed by atoms with Crippen LogP contribution < -0.4 is 5.32 Å². The minimum absolute atomic E-state index is 0.285. The van der Waals surface area contributed by atoms with Gasteiger partial charge in [0, 0.05) is 12.5 Å². The van der Waals surface area contributed by atoms with Crippen molar-refractivity contribution < 1.29 is 4.39 Å². The molecule has 2 aliphatic rings. The van der Waals surface area contributed by atoms with Gasteiger partial charge in [-0.2, -0.15) is 0 Å². The molecule has 22 heavy (non-hydrogen) atoms. The summed E-state index contributed by atoms with van der Waals surface area (Å²) in [6, 6.07) is 3.08. The molecule has 1 heterocycles. The van der Waals surface area contributed by atoms with E-state index in [2.05, 4.69) is 23.1 Å². The highest BCUT2D eigenvalue weighted by atomic mass is 19.1. The maximum Gasteiger partial charge on any atom is 0.267 e. The molecule has 2 fully saturated rings. The van der Waals surface area contributed by atoms with E-state index in [0.717, 1.165) is 18.3 Å². The second-order valence-electron chi connectivity index (χ2n) is 6.50. The fraction of sp³-hybridized carbons (Fsp3) is 0.647. The normalized spacial score (nSPS) is 17.9. The third-order valence-corrected chi connectivity index (χ3v) is 4.56. The van der Waals surface area contributed by atoms with E-state index in [9.17, 15) is 4.39 Å². The van der Waals surface area contributed by atoms with Gasteiger partial charge >= 0.3 is 0 Å². The summed E-state index contributed by atoms with van der Waals surface area (Å²) in [4.78, 5) is 3.89. The first-order valence-corrected chi connectivity index (χ1v) is 8.44. The average Bonchev–Trinajstić information content (AvgIpc) is 3.39. The highest BCUT2D eigenvalue weighted by Gasteiger charge is 2.22. The largest absolute Gasteiger partial charge is 0.370 e. The molecule has 3 nitrogen and oxygen atoms in total. The Balaban J connectivity index is 0.000000164. The van der Waals surface area contributed by atoms with E-state index in [1.54, 1.807) is 6.07 Å². The fourth-order valence-corrected chi connectivity index (χ4v) is 2.79. The Morgan fingerprint density at radius 2 is 2.00 bits per heavy atom. The molecule has 1 aromatic rings. The molecule has 3 rings (SSSR count). The smallest absolute Gasteiger partial charge is 0.267 e. The van der Waals surface area contributed by atoms with Crippen LogP contribution in [0.15, 0.2) is 18.3 Å². The van der Waals surface area contributed by atoms with Crippen molar-refractivity contribution >= 4 is 12.5 Å². The average molecular weight is 301 g/mol. The maximum atomic E-state index is 12.4. The van der Waals surface area contributed by atoms with Crippen LogP contribution in [0.5, 0.6) is 0 Å². The molecule has 118 valence electrons. The van der Waals surface area contributed by atoms with Crippen molar-refractivity contribution in [3.63, 3.8) is 0 Å². The zero-order valence-corrected chi connectivity index (χ0v) is 13.4. The lowest BCUT2D eigenvalue weighted by atomic mass is 9.41. The van der Waals surface area contributed by atoms with Gasteiger partial charge in [-0.05, 0) is 36.7 Å². The molecule has 0 atom stereocenters. The van der Waals surface area contributed by atoms with Crippen molar-refractivity contribution in [2.45, 2.75) is 57.6 Å². The first-order chi connectivity index (χ1) is 10.7. The van der Waals surface area contributed by atoms with Gasteiger partial charge in [-0.15, -0.1) is 0 Å². The number of nitrogens with one attached hydrogen (secondary N) is 1. The van der Waals surface area contributed by atoms with Gasteiger partial charge in [-0.3, -0.25) is 0 Å². The molecular formula is C17H25BFN3. The molecule has 5 heteroatoms. The third kappa shape index (κ3) is 6.05. The second-order valence-corrected chi connectivity index (χ2v) is 6.50. The van der Waals surface area contributed by atoms with Crippen LogP contribution >= 0.6 is 0 Å². The van der Waals surface area contributed by atoms with Gasteiger partial charge < -0.3 is 5.32 Å². The van der Waals surface area contributed by atoms with Crippen molar-refractivity contribution in [3.05, 3.63) is 24.1 Å². The second kappa shape index (κ2) is 8.78. The number of rotatable bonds is 4. The van der Waals surface area contributed by atoms with Gasteiger partial charge in [0.2, 0.25) is 0 Å². The summed E-state index contributed by atoms with van der Waals surface area (Å²) in [6.07, 6.45) is 10.5. The van der Waals surface area contributed by atoms with E-state index in [4.69, 9.17) is 5.26 Å². The SMILES string of the molecule is CB(C#N)C1CCCCC1.Fc1ccc(NCC2CC2)nc1. The third-order valence-electron chi connectivity index (χ3n) is 4.56. The number of hydrogen-bond acceptors (Lipinski definition) is 3. The summed E-state index contributed by atoms with van der Waals surface area (Å²) < 4.78 is 12.4. The van der Waals surface area contributed by atoms with Gasteiger partial charge in [-0.25, -0.2) is 14.6 Å². The Bertz CT molecular complexity index is 476. The van der Waals surface area contributed by atoms with E-state index in [1.165, 1.54) is 57.2 Å². The molecular weight excluding hydrogens is 276 g/mol. The van der Waals surface area contributed by atoms with Crippen molar-refractivity contribution in [2.75, 3.05) is 11.9 Å². The lowest BCUT2D eigenvalue weighted by Gasteiger charge is -2.21. The molecule has 0 unspecified atom stereocenters. The van der Waals surface area contributed by atoms with E-state index >= 15 is 0 Å². The number of nitrogens with zero attached hydrogens (tertiary/aromatic N) is 2. The zero-order valence-electron chi connectivity index (χ0n) is 13.4. The van der Waals surface area contributed by atoms with Crippen LogP contribution in [0.2, 0.25) is 12.6 Å². The Morgan fingerprint density at radius 1 is 1.27 bits per heavy atom. The van der Waals surface area contributed by atoms with Gasteiger partial charge in [0.25, 0.3) is 6.71 Å². The minimum Gasteiger partial charge on any atom is -0.370 e. The van der Waals surface area contributed by atoms with Crippen LogP contribution in [0.1, 0.15) is 44.9 Å². The van der Waals surface area contributed by atoms with E-state index in [1.807, 2.05) is 0 Å². The highest BCUT2D eigenvalue weighted by Crippen LogP contribution is 2.30. The van der Waals surface area contributed by atoms with Gasteiger partial charge in [0.05, 0.1) is 6.20 Å². The van der Waals surface area contributed by atoms with Crippen molar-refractivity contribution in [1.29, 1.82) is 5.26 Å². The monoisotopic (exact) mass is 301 g/mol. The summed E-state index contributed by atoms with van der Waals surface area (Å²) >= 11 is 0. The number of pyridine rings is 1. The van der Waals surface area contributed by atoms with E-state index < -0.39 is 0 Å². The molecule has 0 bridgehead atoms. The predicted octanol–water partition coefficient (Wildman–Crippen LogP) is 4.55. The van der Waals surface area contributed by atoms with Crippen LogP contribution in [0, 0.1) is 23.0 Å². The Kier molecular flexibility index (Phi) is 6.70. The van der Waals surface area contributed by atoms with Gasteiger partial charge in [0.1, 0.15) is 11.6 Å². The van der Waals surface area contributed by atoms with E-state index in [-0.39, 0.29) is 5.82 Å². The first-order valence-electron chi connectivity index (χ1n) is 8.44. The molecule has 0 aliphatic heterocycles. The molecule has 0 spiro atoms. The lowest BCUT2D eigenvalue weighted by molar-refractivity contribution is 0.498. The standard InChI is InChI=1S/C9H11FN2.C8H14BN/c10-8-3-4-9(12-6-8)11-5-7-1-2-7;1-9(7-10)8-5-3-2-4-6-8/h3-4,6-7H,1-2,5H2,(H,11,12);8H,2-6H2,1H3. The Morgan fingerprint density at radius 3 is 2.55 bits per heavy atom. The summed E-state index contributed by atoms with van der Waals surface area (Å²) in [7, 11) is 0. The maximum absolute atomic E-state index is 12.4. The van der Waals surface area contributed by atoms with Gasteiger partial charge in [-0.1, -0.05) is 38.9 Å². The molecule has 2 aliphatic carbocycles. The molecule has 0 saturated heterocycles. The summed E-state index contributed by atoms with van der Waals surface area (Å²) in [6.45, 7) is 3.31. The number of aromatic nitrogens is 1. The number of nitriles is 1. The minimum atomic E-state index is -0.285. The molecule has 0 aromatic carbocycles. The molecule has 1 aromatic heterocycles. The number of halogens is 1. The number of anilines is 1. The zero-order chi connectivity index (χ0) is 15.8. The first kappa shape index (κ1) is 16.8. The van der Waals surface area contributed by atoms with Crippen molar-refractivity contribution in [1.82, 2.24) is 4.98 Å². The Labute approximate surface area is 133 Å². The van der Waals surface area contributed by atoms with Crippen molar-refractivity contribution in [2.24, 2.45) is 5.92 Å². The van der Waals surface area contributed by atoms with Crippen LogP contribution in [0.4, 0.5) is 10.2 Å². The summed E-state index contributed by atoms with van der Waals surface area (Å²) in [5, 5.41) is 11.8. The summed E-state index contributed by atoms with van der Waals surface area (Å²) in [5.41, 5.74) is 0. The quantitative estimate of drug-likeness (QED) is 0.830. The molecule has 0 radical (unpaired) electrons. The van der Waals surface area contributed by atoms with Crippen LogP contribution in [-0.2, 0) is 0 Å². The lowest BCUT2D eigenvalue weighted by Crippen LogP contribution is -2.17. The van der Waals surface area contributed by atoms with Crippen LogP contribution in [-0.4, -0.2) is 18.2 Å². The highest BCUT2D eigenvalue weighted by molar-refractivity contribution is 6.67. The fourth-order valence-electron chi connectivity index (χ4n) is 2.79. The number of hydrogen-bond donors (Lipinski definition) is 1. The van der Waals surface area contributed by atoms with Crippen molar-refractivity contribution in [3.8, 4) is 5.97 Å². The molecule has 2 saturated carbocycles. The molecule has 1 N–H and O–H groups in total. The topological polar surface area (TPSA) is 48.7 Å². The Hall–Kier alpha value is -1.57. The predicted molar refractivity (Wildman–Crippen MR) is 89.5 cm³/mol. The van der Waals surface area contributed by atoms with E-state index in [0.29, 0.717) is 12.5 Å². The van der Waals surface area contributed by atoms with Crippen LogP contribution in [0.25, 0.3) is 0 Å². The van der Waals surface area contributed by atoms with Gasteiger partial charge in [0.15, 0.2) is 0 Å². The summed E-state index contributed by atoms with van der Waals surface area (Å²) in [5.74, 6) is 4.34.